The van der Waals surface area contributed by atoms with Crippen LogP contribution < -0.4 is 0 Å². The van der Waals surface area contributed by atoms with Crippen molar-refractivity contribution < 1.29 is 13.5 Å². The largest absolute Gasteiger partial charge is 0.395 e. The number of hydrogen-bond donors (Lipinski definition) is 1. The number of aliphatic hydroxyl groups excluding tert-OH is 1. The second kappa shape index (κ2) is 6.87. The number of sulfonamides is 1. The molecule has 1 atom stereocenters. The Bertz CT molecular complexity index is 336. The lowest BCUT2D eigenvalue weighted by molar-refractivity contribution is 0.170. The Morgan fingerprint density at radius 2 is 1.89 bits per heavy atom. The monoisotopic (exact) mass is 277 g/mol. The van der Waals surface area contributed by atoms with Gasteiger partial charge in [-0.1, -0.05) is 13.8 Å². The Kier molecular flexibility index (Phi) is 6.08. The van der Waals surface area contributed by atoms with Gasteiger partial charge in [0, 0.05) is 12.6 Å². The van der Waals surface area contributed by atoms with Crippen LogP contribution in [0.15, 0.2) is 0 Å². The highest BCUT2D eigenvalue weighted by atomic mass is 32.2. The van der Waals surface area contributed by atoms with Crippen LogP contribution in [0.4, 0.5) is 0 Å². The molecule has 1 fully saturated rings. The maximum absolute atomic E-state index is 12.1. The van der Waals surface area contributed by atoms with Crippen molar-refractivity contribution in [1.29, 1.82) is 0 Å². The first kappa shape index (κ1) is 15.9. The molecular formula is C13H27NO3S. The Hall–Kier alpha value is -0.130. The molecule has 4 nitrogen and oxygen atoms in total. The van der Waals surface area contributed by atoms with Gasteiger partial charge < -0.3 is 5.11 Å². The molecule has 0 saturated heterocycles. The first-order valence-electron chi connectivity index (χ1n) is 7.01. The zero-order valence-corrected chi connectivity index (χ0v) is 12.6. The summed E-state index contributed by atoms with van der Waals surface area (Å²) < 4.78 is 25.8. The second-order valence-electron chi connectivity index (χ2n) is 5.72. The Morgan fingerprint density at radius 1 is 1.28 bits per heavy atom. The highest BCUT2D eigenvalue weighted by molar-refractivity contribution is 7.89. The van der Waals surface area contributed by atoms with Gasteiger partial charge in [0.1, 0.15) is 0 Å². The first-order chi connectivity index (χ1) is 8.40. The van der Waals surface area contributed by atoms with Crippen LogP contribution in [0.25, 0.3) is 0 Å². The van der Waals surface area contributed by atoms with Crippen LogP contribution in [0, 0.1) is 11.8 Å². The van der Waals surface area contributed by atoms with E-state index >= 15 is 0 Å². The molecule has 1 rings (SSSR count). The molecule has 1 aliphatic rings. The quantitative estimate of drug-likeness (QED) is 0.699. The normalized spacial score (nSPS) is 18.6. The number of hydrogen-bond acceptors (Lipinski definition) is 3. The van der Waals surface area contributed by atoms with Gasteiger partial charge in [0.15, 0.2) is 0 Å². The summed E-state index contributed by atoms with van der Waals surface area (Å²) in [6, 6.07) is -0.238. The van der Waals surface area contributed by atoms with E-state index in [9.17, 15) is 13.5 Å². The van der Waals surface area contributed by atoms with E-state index in [1.165, 1.54) is 0 Å². The molecule has 1 aliphatic carbocycles. The summed E-state index contributed by atoms with van der Waals surface area (Å²) in [4.78, 5) is 0. The lowest BCUT2D eigenvalue weighted by atomic mass is 10.0. The van der Waals surface area contributed by atoms with Crippen molar-refractivity contribution in [2.75, 3.05) is 18.9 Å². The van der Waals surface area contributed by atoms with Crippen molar-refractivity contribution >= 4 is 10.0 Å². The van der Waals surface area contributed by atoms with Gasteiger partial charge in [-0.3, -0.25) is 0 Å². The fraction of sp³-hybridized carbons (Fsp3) is 1.00. The molecule has 18 heavy (non-hydrogen) atoms. The van der Waals surface area contributed by atoms with E-state index in [0.717, 1.165) is 25.7 Å². The van der Waals surface area contributed by atoms with E-state index in [1.807, 2.05) is 0 Å². The lowest BCUT2D eigenvalue weighted by Crippen LogP contribution is -2.44. The van der Waals surface area contributed by atoms with Crippen molar-refractivity contribution in [2.45, 2.75) is 52.5 Å². The predicted molar refractivity (Wildman–Crippen MR) is 73.8 cm³/mol. The molecule has 5 heteroatoms. The summed E-state index contributed by atoms with van der Waals surface area (Å²) in [5.74, 6) is 1.17. The third kappa shape index (κ3) is 4.86. The molecule has 1 saturated carbocycles. The second-order valence-corrected chi connectivity index (χ2v) is 7.93. The lowest BCUT2D eigenvalue weighted by Gasteiger charge is -2.30. The van der Waals surface area contributed by atoms with Crippen LogP contribution in [0.2, 0.25) is 0 Å². The molecule has 0 aromatic rings. The Labute approximate surface area is 111 Å². The minimum absolute atomic E-state index is 0.0708. The molecule has 1 N–H and O–H groups in total. The van der Waals surface area contributed by atoms with Crippen molar-refractivity contribution in [3.8, 4) is 0 Å². The van der Waals surface area contributed by atoms with Crippen LogP contribution in [0.1, 0.15) is 46.5 Å². The van der Waals surface area contributed by atoms with Gasteiger partial charge in [0.2, 0.25) is 10.0 Å². The van der Waals surface area contributed by atoms with Gasteiger partial charge in [-0.15, -0.1) is 0 Å². The molecule has 0 radical (unpaired) electrons. The van der Waals surface area contributed by atoms with E-state index in [0.29, 0.717) is 18.4 Å². The molecular weight excluding hydrogens is 250 g/mol. The summed E-state index contributed by atoms with van der Waals surface area (Å²) in [5.41, 5.74) is 0. The number of rotatable bonds is 9. The van der Waals surface area contributed by atoms with Crippen LogP contribution in [-0.4, -0.2) is 42.8 Å². The van der Waals surface area contributed by atoms with E-state index in [-0.39, 0.29) is 18.4 Å². The smallest absolute Gasteiger partial charge is 0.214 e. The SMILES string of the molecule is CCS(=O)(=O)N(CC1CC1)[C@@H](CO)CCC(C)C. The average Bonchev–Trinajstić information content (AvgIpc) is 3.11. The molecule has 0 heterocycles. The molecule has 0 aromatic heterocycles. The van der Waals surface area contributed by atoms with Gasteiger partial charge in [0.05, 0.1) is 12.4 Å². The maximum Gasteiger partial charge on any atom is 0.214 e. The zero-order valence-electron chi connectivity index (χ0n) is 11.8. The van der Waals surface area contributed by atoms with E-state index in [1.54, 1.807) is 11.2 Å². The topological polar surface area (TPSA) is 57.6 Å². The van der Waals surface area contributed by atoms with Crippen molar-refractivity contribution in [3.05, 3.63) is 0 Å². The maximum atomic E-state index is 12.1. The van der Waals surface area contributed by atoms with Crippen LogP contribution >= 0.6 is 0 Å². The van der Waals surface area contributed by atoms with Gasteiger partial charge in [-0.05, 0) is 44.4 Å². The standard InChI is InChI=1S/C13H27NO3S/c1-4-18(16,17)14(9-12-6-7-12)13(10-15)8-5-11(2)3/h11-13,15H,4-10H2,1-3H3/t13-/m1/s1. The molecule has 0 aliphatic heterocycles. The third-order valence-corrected chi connectivity index (χ3v) is 5.44. The van der Waals surface area contributed by atoms with E-state index in [2.05, 4.69) is 13.8 Å². The van der Waals surface area contributed by atoms with Crippen LogP contribution in [-0.2, 0) is 10.0 Å². The van der Waals surface area contributed by atoms with Gasteiger partial charge in [-0.2, -0.15) is 4.31 Å². The fourth-order valence-corrected chi connectivity index (χ4v) is 3.46. The van der Waals surface area contributed by atoms with Crippen molar-refractivity contribution in [3.63, 3.8) is 0 Å². The predicted octanol–water partition coefficient (Wildman–Crippen LogP) is 1.85. The minimum atomic E-state index is -3.20. The summed E-state index contributed by atoms with van der Waals surface area (Å²) in [6.07, 6.45) is 3.95. The first-order valence-corrected chi connectivity index (χ1v) is 8.62. The van der Waals surface area contributed by atoms with Crippen LogP contribution in [0.5, 0.6) is 0 Å². The summed E-state index contributed by atoms with van der Waals surface area (Å²) >= 11 is 0. The van der Waals surface area contributed by atoms with E-state index < -0.39 is 10.0 Å². The van der Waals surface area contributed by atoms with Crippen molar-refractivity contribution in [1.82, 2.24) is 4.31 Å². The summed E-state index contributed by atoms with van der Waals surface area (Å²) in [7, 11) is -3.20. The molecule has 0 amide bonds. The van der Waals surface area contributed by atoms with Gasteiger partial charge in [-0.25, -0.2) is 8.42 Å². The summed E-state index contributed by atoms with van der Waals surface area (Å²) in [6.45, 7) is 6.44. The molecule has 0 spiro atoms. The minimum Gasteiger partial charge on any atom is -0.395 e. The Morgan fingerprint density at radius 3 is 2.28 bits per heavy atom. The zero-order chi connectivity index (χ0) is 13.8. The van der Waals surface area contributed by atoms with Crippen molar-refractivity contribution in [2.24, 2.45) is 11.8 Å². The van der Waals surface area contributed by atoms with Gasteiger partial charge >= 0.3 is 0 Å². The Balaban J connectivity index is 2.71. The average molecular weight is 277 g/mol. The highest BCUT2D eigenvalue weighted by Crippen LogP contribution is 2.32. The number of aliphatic hydroxyl groups is 1. The van der Waals surface area contributed by atoms with Gasteiger partial charge in [0.25, 0.3) is 0 Å². The molecule has 0 unspecified atom stereocenters. The summed E-state index contributed by atoms with van der Waals surface area (Å²) in [5, 5.41) is 9.50. The molecule has 0 aromatic carbocycles. The number of nitrogens with zero attached hydrogens (tertiary/aromatic N) is 1. The van der Waals surface area contributed by atoms with Crippen LogP contribution in [0.3, 0.4) is 0 Å². The third-order valence-electron chi connectivity index (χ3n) is 3.55. The molecule has 0 bridgehead atoms. The molecule has 108 valence electrons. The highest BCUT2D eigenvalue weighted by Gasteiger charge is 2.34. The fourth-order valence-electron chi connectivity index (χ4n) is 2.06. The van der Waals surface area contributed by atoms with E-state index in [4.69, 9.17) is 0 Å².